The molecule has 0 aliphatic heterocycles. The first-order valence-electron chi connectivity index (χ1n) is 6.69. The van der Waals surface area contributed by atoms with Crippen molar-refractivity contribution in [2.75, 3.05) is 5.32 Å². The van der Waals surface area contributed by atoms with E-state index in [1.54, 1.807) is 11.0 Å². The SMILES string of the molecule is Cc1c(Br)cccc1NCc1cnn(-c2ccccc2)n1. The summed E-state index contributed by atoms with van der Waals surface area (Å²) in [5.74, 6) is 0. The van der Waals surface area contributed by atoms with Crippen molar-refractivity contribution >= 4 is 21.6 Å². The van der Waals surface area contributed by atoms with Crippen LogP contribution in [0.4, 0.5) is 5.69 Å². The topological polar surface area (TPSA) is 42.7 Å². The van der Waals surface area contributed by atoms with Crippen LogP contribution in [0.3, 0.4) is 0 Å². The summed E-state index contributed by atoms with van der Waals surface area (Å²) < 4.78 is 1.10. The van der Waals surface area contributed by atoms with E-state index in [0.717, 1.165) is 21.5 Å². The Morgan fingerprint density at radius 2 is 1.90 bits per heavy atom. The van der Waals surface area contributed by atoms with E-state index < -0.39 is 0 Å². The zero-order valence-corrected chi connectivity index (χ0v) is 13.2. The van der Waals surface area contributed by atoms with Gasteiger partial charge in [-0.2, -0.15) is 15.0 Å². The van der Waals surface area contributed by atoms with Gasteiger partial charge in [0.1, 0.15) is 5.69 Å². The molecule has 0 amide bonds. The maximum atomic E-state index is 4.48. The molecule has 3 aromatic rings. The number of para-hydroxylation sites is 1. The van der Waals surface area contributed by atoms with Crippen LogP contribution < -0.4 is 5.32 Å². The van der Waals surface area contributed by atoms with E-state index in [1.165, 1.54) is 5.56 Å². The normalized spacial score (nSPS) is 10.6. The molecular formula is C16H15BrN4. The van der Waals surface area contributed by atoms with Gasteiger partial charge in [0.05, 0.1) is 18.4 Å². The zero-order chi connectivity index (χ0) is 14.7. The van der Waals surface area contributed by atoms with Gasteiger partial charge in [0.25, 0.3) is 0 Å². The van der Waals surface area contributed by atoms with E-state index in [0.29, 0.717) is 6.54 Å². The van der Waals surface area contributed by atoms with Crippen LogP contribution in [0, 0.1) is 6.92 Å². The number of hydrogen-bond acceptors (Lipinski definition) is 3. The van der Waals surface area contributed by atoms with E-state index in [2.05, 4.69) is 44.4 Å². The fraction of sp³-hybridized carbons (Fsp3) is 0.125. The van der Waals surface area contributed by atoms with Crippen molar-refractivity contribution in [3.63, 3.8) is 0 Å². The molecule has 4 nitrogen and oxygen atoms in total. The average Bonchev–Trinajstić information content (AvgIpc) is 2.99. The first kappa shape index (κ1) is 13.8. The van der Waals surface area contributed by atoms with Crippen molar-refractivity contribution in [1.29, 1.82) is 0 Å². The lowest BCUT2D eigenvalue weighted by Crippen LogP contribution is -2.03. The third-order valence-corrected chi connectivity index (χ3v) is 4.11. The molecule has 0 atom stereocenters. The Hall–Kier alpha value is -2.14. The maximum absolute atomic E-state index is 4.48. The van der Waals surface area contributed by atoms with Crippen LogP contribution in [0.5, 0.6) is 0 Å². The van der Waals surface area contributed by atoms with Crippen molar-refractivity contribution < 1.29 is 0 Å². The molecule has 0 saturated carbocycles. The first-order chi connectivity index (χ1) is 10.2. The van der Waals surface area contributed by atoms with Gasteiger partial charge in [0.2, 0.25) is 0 Å². The van der Waals surface area contributed by atoms with Gasteiger partial charge in [0.15, 0.2) is 0 Å². The standard InChI is InChI=1S/C16H15BrN4/c1-12-15(17)8-5-9-16(12)18-10-13-11-19-21(20-13)14-6-3-2-4-7-14/h2-9,11,18H,10H2,1H3. The van der Waals surface area contributed by atoms with Gasteiger partial charge < -0.3 is 5.32 Å². The van der Waals surface area contributed by atoms with Gasteiger partial charge in [-0.15, -0.1) is 0 Å². The van der Waals surface area contributed by atoms with Crippen LogP contribution in [0.2, 0.25) is 0 Å². The summed E-state index contributed by atoms with van der Waals surface area (Å²) in [6.45, 7) is 2.72. The lowest BCUT2D eigenvalue weighted by molar-refractivity contribution is 0.740. The molecule has 0 fully saturated rings. The molecule has 0 radical (unpaired) electrons. The first-order valence-corrected chi connectivity index (χ1v) is 7.49. The third-order valence-electron chi connectivity index (χ3n) is 3.25. The van der Waals surface area contributed by atoms with Gasteiger partial charge in [-0.25, -0.2) is 0 Å². The van der Waals surface area contributed by atoms with Crippen LogP contribution in [-0.2, 0) is 6.54 Å². The number of nitrogens with zero attached hydrogens (tertiary/aromatic N) is 3. The van der Waals surface area contributed by atoms with Crippen LogP contribution in [0.1, 0.15) is 11.3 Å². The molecule has 21 heavy (non-hydrogen) atoms. The summed E-state index contributed by atoms with van der Waals surface area (Å²) >= 11 is 3.53. The van der Waals surface area contributed by atoms with Crippen molar-refractivity contribution in [3.8, 4) is 5.69 Å². The lowest BCUT2D eigenvalue weighted by Gasteiger charge is -2.09. The van der Waals surface area contributed by atoms with Gasteiger partial charge >= 0.3 is 0 Å². The van der Waals surface area contributed by atoms with Crippen LogP contribution >= 0.6 is 15.9 Å². The minimum absolute atomic E-state index is 0.643. The number of hydrogen-bond donors (Lipinski definition) is 1. The average molecular weight is 343 g/mol. The molecule has 0 aliphatic rings. The number of rotatable bonds is 4. The molecule has 1 N–H and O–H groups in total. The maximum Gasteiger partial charge on any atom is 0.102 e. The molecule has 0 bridgehead atoms. The summed E-state index contributed by atoms with van der Waals surface area (Å²) in [7, 11) is 0. The predicted molar refractivity (Wildman–Crippen MR) is 87.6 cm³/mol. The second-order valence-electron chi connectivity index (χ2n) is 4.73. The fourth-order valence-electron chi connectivity index (χ4n) is 2.05. The van der Waals surface area contributed by atoms with Crippen LogP contribution in [0.15, 0.2) is 59.2 Å². The van der Waals surface area contributed by atoms with Crippen LogP contribution in [0.25, 0.3) is 5.69 Å². The quantitative estimate of drug-likeness (QED) is 0.780. The molecule has 1 aromatic heterocycles. The molecule has 0 aliphatic carbocycles. The highest BCUT2D eigenvalue weighted by Crippen LogP contribution is 2.23. The second-order valence-corrected chi connectivity index (χ2v) is 5.58. The van der Waals surface area contributed by atoms with Crippen molar-refractivity contribution in [2.24, 2.45) is 0 Å². The lowest BCUT2D eigenvalue weighted by atomic mass is 10.2. The highest BCUT2D eigenvalue weighted by molar-refractivity contribution is 9.10. The van der Waals surface area contributed by atoms with Crippen LogP contribution in [-0.4, -0.2) is 15.0 Å². The Bertz CT molecular complexity index is 737. The van der Waals surface area contributed by atoms with Gasteiger partial charge in [-0.1, -0.05) is 40.2 Å². The smallest absolute Gasteiger partial charge is 0.102 e. The number of halogens is 1. The van der Waals surface area contributed by atoms with Crippen molar-refractivity contribution in [3.05, 3.63) is 70.5 Å². The molecule has 1 heterocycles. The highest BCUT2D eigenvalue weighted by Gasteiger charge is 2.05. The van der Waals surface area contributed by atoms with E-state index in [4.69, 9.17) is 0 Å². The molecule has 0 unspecified atom stereocenters. The van der Waals surface area contributed by atoms with E-state index in [-0.39, 0.29) is 0 Å². The predicted octanol–water partition coefficient (Wildman–Crippen LogP) is 3.95. The number of nitrogens with one attached hydrogen (secondary N) is 1. The van der Waals surface area contributed by atoms with Crippen molar-refractivity contribution in [2.45, 2.75) is 13.5 Å². The summed E-state index contributed by atoms with van der Waals surface area (Å²) in [4.78, 5) is 1.64. The highest BCUT2D eigenvalue weighted by atomic mass is 79.9. The molecule has 0 spiro atoms. The Balaban J connectivity index is 1.72. The summed E-state index contributed by atoms with van der Waals surface area (Å²) in [6.07, 6.45) is 1.79. The molecule has 3 rings (SSSR count). The second kappa shape index (κ2) is 6.10. The molecular weight excluding hydrogens is 328 g/mol. The number of aromatic nitrogens is 3. The number of benzene rings is 2. The third kappa shape index (κ3) is 3.13. The van der Waals surface area contributed by atoms with Gasteiger partial charge in [0, 0.05) is 10.2 Å². The summed E-state index contributed by atoms with van der Waals surface area (Å²) in [5, 5.41) is 12.2. The zero-order valence-electron chi connectivity index (χ0n) is 11.6. The van der Waals surface area contributed by atoms with Crippen molar-refractivity contribution in [1.82, 2.24) is 15.0 Å². The molecule has 106 valence electrons. The van der Waals surface area contributed by atoms with E-state index in [1.807, 2.05) is 42.5 Å². The molecule has 5 heteroatoms. The monoisotopic (exact) mass is 342 g/mol. The minimum Gasteiger partial charge on any atom is -0.379 e. The van der Waals surface area contributed by atoms with E-state index in [9.17, 15) is 0 Å². The Labute approximate surface area is 131 Å². The Kier molecular flexibility index (Phi) is 4.01. The largest absolute Gasteiger partial charge is 0.379 e. The van der Waals surface area contributed by atoms with E-state index >= 15 is 0 Å². The molecule has 0 saturated heterocycles. The fourth-order valence-corrected chi connectivity index (χ4v) is 2.41. The summed E-state index contributed by atoms with van der Waals surface area (Å²) in [6, 6.07) is 16.0. The Morgan fingerprint density at radius 1 is 1.10 bits per heavy atom. The Morgan fingerprint density at radius 3 is 2.71 bits per heavy atom. The summed E-state index contributed by atoms with van der Waals surface area (Å²) in [5.41, 5.74) is 4.15. The van der Waals surface area contributed by atoms with Gasteiger partial charge in [-0.05, 0) is 36.8 Å². The minimum atomic E-state index is 0.643. The molecule has 2 aromatic carbocycles. The van der Waals surface area contributed by atoms with Gasteiger partial charge in [-0.3, -0.25) is 0 Å². The number of anilines is 1.